The van der Waals surface area contributed by atoms with Crippen molar-refractivity contribution in [3.63, 3.8) is 0 Å². The third-order valence-electron chi connectivity index (χ3n) is 2.50. The number of amides is 1. The van der Waals surface area contributed by atoms with E-state index >= 15 is 0 Å². The largest absolute Gasteiger partial charge is 0.350 e. The Balaban J connectivity index is 2.23. The number of hydrogen-bond acceptors (Lipinski definition) is 1. The van der Waals surface area contributed by atoms with E-state index in [9.17, 15) is 4.79 Å². The smallest absolute Gasteiger partial charge is 0.251 e. The van der Waals surface area contributed by atoms with E-state index in [1.54, 1.807) is 0 Å². The predicted molar refractivity (Wildman–Crippen MR) is 61.4 cm³/mol. The highest BCUT2D eigenvalue weighted by atomic mass is 16.1. The molecular weight excluding hydrogens is 186 g/mol. The summed E-state index contributed by atoms with van der Waals surface area (Å²) in [5.74, 6) is 0.0370. The first kappa shape index (κ1) is 9.97. The van der Waals surface area contributed by atoms with Gasteiger partial charge in [0.2, 0.25) is 0 Å². The van der Waals surface area contributed by atoms with Crippen molar-refractivity contribution in [3.05, 3.63) is 41.5 Å². The van der Waals surface area contributed by atoms with Crippen LogP contribution in [0.2, 0.25) is 0 Å². The highest BCUT2D eigenvalue weighted by Crippen LogP contribution is 2.26. The van der Waals surface area contributed by atoms with Crippen LogP contribution in [-0.2, 0) is 11.2 Å². The molecule has 0 bridgehead atoms. The van der Waals surface area contributed by atoms with Gasteiger partial charge in [-0.05, 0) is 31.4 Å². The molecule has 1 N–H and O–H groups in total. The summed E-state index contributed by atoms with van der Waals surface area (Å²) in [6.45, 7) is 3.94. The lowest BCUT2D eigenvalue weighted by Gasteiger charge is -2.09. The molecule has 15 heavy (non-hydrogen) atoms. The summed E-state index contributed by atoms with van der Waals surface area (Å²) in [5.41, 5.74) is 3.14. The lowest BCUT2D eigenvalue weighted by atomic mass is 10.1. The first-order valence-electron chi connectivity index (χ1n) is 5.28. The van der Waals surface area contributed by atoms with E-state index in [2.05, 4.69) is 11.4 Å². The molecule has 78 valence electrons. The molecule has 1 aromatic carbocycles. The van der Waals surface area contributed by atoms with Gasteiger partial charge in [0.1, 0.15) is 0 Å². The number of allylic oxidation sites excluding steroid dienone is 1. The number of nitrogens with one attached hydrogen (secondary N) is 1. The van der Waals surface area contributed by atoms with Crippen LogP contribution in [-0.4, -0.2) is 11.9 Å². The van der Waals surface area contributed by atoms with Crippen LogP contribution in [0.15, 0.2) is 30.3 Å². The monoisotopic (exact) mass is 201 g/mol. The number of carbonyl (C=O) groups excluding carboxylic acids is 1. The topological polar surface area (TPSA) is 29.1 Å². The molecule has 0 atom stereocenters. The van der Waals surface area contributed by atoms with Crippen molar-refractivity contribution in [2.45, 2.75) is 26.3 Å². The Bertz CT molecular complexity index is 418. The van der Waals surface area contributed by atoms with Crippen LogP contribution in [0.1, 0.15) is 25.0 Å². The van der Waals surface area contributed by atoms with Crippen LogP contribution in [0, 0.1) is 0 Å². The average molecular weight is 201 g/mol. The summed E-state index contributed by atoms with van der Waals surface area (Å²) in [6.07, 6.45) is 2.87. The van der Waals surface area contributed by atoms with E-state index in [-0.39, 0.29) is 11.9 Å². The summed E-state index contributed by atoms with van der Waals surface area (Å²) in [7, 11) is 0. The molecule has 0 radical (unpaired) electrons. The van der Waals surface area contributed by atoms with Crippen molar-refractivity contribution in [1.29, 1.82) is 0 Å². The summed E-state index contributed by atoms with van der Waals surface area (Å²) < 4.78 is 0. The zero-order chi connectivity index (χ0) is 10.8. The highest BCUT2D eigenvalue weighted by Gasteiger charge is 2.19. The van der Waals surface area contributed by atoms with E-state index in [1.165, 1.54) is 5.56 Å². The Kier molecular flexibility index (Phi) is 2.58. The average Bonchev–Trinajstić information content (AvgIpc) is 2.59. The van der Waals surface area contributed by atoms with E-state index in [0.29, 0.717) is 0 Å². The second-order valence-corrected chi connectivity index (χ2v) is 4.11. The molecule has 1 amide bonds. The molecular formula is C13H15NO. The Hall–Kier alpha value is -1.57. The van der Waals surface area contributed by atoms with E-state index in [4.69, 9.17) is 0 Å². The summed E-state index contributed by atoms with van der Waals surface area (Å²) in [4.78, 5) is 11.8. The lowest BCUT2D eigenvalue weighted by Crippen LogP contribution is -2.30. The second-order valence-electron chi connectivity index (χ2n) is 4.11. The fourth-order valence-corrected chi connectivity index (χ4v) is 1.84. The lowest BCUT2D eigenvalue weighted by molar-refractivity contribution is -0.116. The maximum absolute atomic E-state index is 11.8. The highest BCUT2D eigenvalue weighted by molar-refractivity contribution is 6.21. The van der Waals surface area contributed by atoms with Gasteiger partial charge in [0.15, 0.2) is 0 Å². The van der Waals surface area contributed by atoms with Crippen molar-refractivity contribution in [3.8, 4) is 0 Å². The van der Waals surface area contributed by atoms with Crippen molar-refractivity contribution >= 4 is 11.5 Å². The van der Waals surface area contributed by atoms with Gasteiger partial charge in [-0.1, -0.05) is 30.3 Å². The molecule has 0 unspecified atom stereocenters. The molecule has 1 aliphatic rings. The SMILES string of the molecule is CC(C)NC(=O)C1=CCc2ccccc21. The number of fused-ring (bicyclic) bond motifs is 1. The van der Waals surface area contributed by atoms with Crippen molar-refractivity contribution in [1.82, 2.24) is 5.32 Å². The standard InChI is InChI=1S/C13H15NO/c1-9(2)14-13(15)12-8-7-10-5-3-4-6-11(10)12/h3-6,8-9H,7H2,1-2H3,(H,14,15). The Morgan fingerprint density at radius 3 is 2.80 bits per heavy atom. The van der Waals surface area contributed by atoms with Gasteiger partial charge < -0.3 is 5.32 Å². The normalized spacial score (nSPS) is 13.7. The minimum Gasteiger partial charge on any atom is -0.350 e. The molecule has 0 fully saturated rings. The van der Waals surface area contributed by atoms with Crippen LogP contribution in [0.5, 0.6) is 0 Å². The minimum absolute atomic E-state index is 0.0370. The van der Waals surface area contributed by atoms with Crippen LogP contribution in [0.25, 0.3) is 5.57 Å². The van der Waals surface area contributed by atoms with Gasteiger partial charge in [0, 0.05) is 11.6 Å². The maximum Gasteiger partial charge on any atom is 0.251 e. The van der Waals surface area contributed by atoms with E-state index in [1.807, 2.05) is 38.1 Å². The minimum atomic E-state index is 0.0370. The van der Waals surface area contributed by atoms with E-state index in [0.717, 1.165) is 17.6 Å². The summed E-state index contributed by atoms with van der Waals surface area (Å²) >= 11 is 0. The fraction of sp³-hybridized carbons (Fsp3) is 0.308. The summed E-state index contributed by atoms with van der Waals surface area (Å²) in [6, 6.07) is 8.25. The van der Waals surface area contributed by atoms with Crippen LogP contribution in [0.3, 0.4) is 0 Å². The molecule has 0 saturated heterocycles. The van der Waals surface area contributed by atoms with Crippen molar-refractivity contribution in [2.75, 3.05) is 0 Å². The molecule has 1 aliphatic carbocycles. The molecule has 2 rings (SSSR count). The number of hydrogen-bond donors (Lipinski definition) is 1. The fourth-order valence-electron chi connectivity index (χ4n) is 1.84. The molecule has 0 heterocycles. The zero-order valence-corrected chi connectivity index (χ0v) is 9.08. The van der Waals surface area contributed by atoms with Gasteiger partial charge in [-0.15, -0.1) is 0 Å². The molecule has 0 aliphatic heterocycles. The van der Waals surface area contributed by atoms with Crippen LogP contribution >= 0.6 is 0 Å². The third-order valence-corrected chi connectivity index (χ3v) is 2.50. The van der Waals surface area contributed by atoms with Crippen molar-refractivity contribution < 1.29 is 4.79 Å². The molecule has 0 aromatic heterocycles. The quantitative estimate of drug-likeness (QED) is 0.780. The summed E-state index contributed by atoms with van der Waals surface area (Å²) in [5, 5.41) is 2.92. The second kappa shape index (κ2) is 3.89. The van der Waals surface area contributed by atoms with E-state index < -0.39 is 0 Å². The zero-order valence-electron chi connectivity index (χ0n) is 9.08. The van der Waals surface area contributed by atoms with Gasteiger partial charge in [0.05, 0.1) is 0 Å². The van der Waals surface area contributed by atoms with Crippen LogP contribution in [0.4, 0.5) is 0 Å². The van der Waals surface area contributed by atoms with Gasteiger partial charge in [-0.25, -0.2) is 0 Å². The molecule has 0 spiro atoms. The van der Waals surface area contributed by atoms with Gasteiger partial charge in [-0.3, -0.25) is 4.79 Å². The first-order chi connectivity index (χ1) is 7.18. The first-order valence-corrected chi connectivity index (χ1v) is 5.28. The maximum atomic E-state index is 11.8. The molecule has 2 heteroatoms. The van der Waals surface area contributed by atoms with Gasteiger partial charge in [-0.2, -0.15) is 0 Å². The molecule has 1 aromatic rings. The molecule has 2 nitrogen and oxygen atoms in total. The predicted octanol–water partition coefficient (Wildman–Crippen LogP) is 2.15. The van der Waals surface area contributed by atoms with Crippen LogP contribution < -0.4 is 5.32 Å². The van der Waals surface area contributed by atoms with Gasteiger partial charge in [0.25, 0.3) is 5.91 Å². The Labute approximate surface area is 90.0 Å². The number of benzene rings is 1. The molecule has 0 saturated carbocycles. The Morgan fingerprint density at radius 1 is 1.33 bits per heavy atom. The van der Waals surface area contributed by atoms with Crippen molar-refractivity contribution in [2.24, 2.45) is 0 Å². The Morgan fingerprint density at radius 2 is 2.07 bits per heavy atom. The van der Waals surface area contributed by atoms with Gasteiger partial charge >= 0.3 is 0 Å². The number of carbonyl (C=O) groups is 1. The third kappa shape index (κ3) is 1.94. The number of rotatable bonds is 2.